The highest BCUT2D eigenvalue weighted by molar-refractivity contribution is 5.44. The van der Waals surface area contributed by atoms with E-state index in [1.165, 1.54) is 0 Å². The molecule has 1 heterocycles. The van der Waals surface area contributed by atoms with Crippen LogP contribution in [0.15, 0.2) is 10.9 Å². The standard InChI is InChI=1S/C6H5F3N2O/c7-3-1-2(5(8)9)4(10)6(12)11-3/h1,5H,10H2,(H,11,12). The normalized spacial score (nSPS) is 10.7. The number of anilines is 1. The van der Waals surface area contributed by atoms with Crippen LogP contribution in [0.1, 0.15) is 12.0 Å². The number of nitrogen functional groups attached to an aromatic ring is 1. The van der Waals surface area contributed by atoms with Gasteiger partial charge in [0.05, 0.1) is 5.56 Å². The number of H-pyrrole nitrogens is 1. The predicted octanol–water partition coefficient (Wildman–Crippen LogP) is 1.03. The number of hydrogen-bond donors (Lipinski definition) is 2. The van der Waals surface area contributed by atoms with Gasteiger partial charge in [-0.15, -0.1) is 0 Å². The first kappa shape index (κ1) is 8.63. The summed E-state index contributed by atoms with van der Waals surface area (Å²) < 4.78 is 36.3. The maximum Gasteiger partial charge on any atom is 0.273 e. The van der Waals surface area contributed by atoms with Gasteiger partial charge in [-0.1, -0.05) is 0 Å². The number of nitrogens with one attached hydrogen (secondary N) is 1. The van der Waals surface area contributed by atoms with Crippen molar-refractivity contribution in [3.63, 3.8) is 0 Å². The Morgan fingerprint density at radius 3 is 2.58 bits per heavy atom. The molecule has 0 spiro atoms. The van der Waals surface area contributed by atoms with Gasteiger partial charge in [-0.3, -0.25) is 9.78 Å². The molecule has 66 valence electrons. The Morgan fingerprint density at radius 2 is 2.08 bits per heavy atom. The molecule has 1 aromatic heterocycles. The summed E-state index contributed by atoms with van der Waals surface area (Å²) in [5.74, 6) is -1.12. The van der Waals surface area contributed by atoms with Crippen LogP contribution in [0.3, 0.4) is 0 Å². The van der Waals surface area contributed by atoms with Gasteiger partial charge in [-0.2, -0.15) is 4.39 Å². The lowest BCUT2D eigenvalue weighted by atomic mass is 10.2. The van der Waals surface area contributed by atoms with E-state index in [1.807, 2.05) is 0 Å². The first-order valence-electron chi connectivity index (χ1n) is 2.98. The second-order valence-corrected chi connectivity index (χ2v) is 2.12. The zero-order valence-corrected chi connectivity index (χ0v) is 5.77. The van der Waals surface area contributed by atoms with Gasteiger partial charge in [-0.25, -0.2) is 8.78 Å². The summed E-state index contributed by atoms with van der Waals surface area (Å²) >= 11 is 0. The lowest BCUT2D eigenvalue weighted by Gasteiger charge is -2.01. The lowest BCUT2D eigenvalue weighted by molar-refractivity contribution is 0.151. The molecule has 0 saturated heterocycles. The maximum absolute atomic E-state index is 12.3. The molecular formula is C6H5F3N2O. The molecule has 0 fully saturated rings. The molecule has 12 heavy (non-hydrogen) atoms. The third-order valence-electron chi connectivity index (χ3n) is 1.31. The molecule has 0 aliphatic rings. The fourth-order valence-electron chi connectivity index (χ4n) is 0.738. The summed E-state index contributed by atoms with van der Waals surface area (Å²) in [7, 11) is 0. The van der Waals surface area contributed by atoms with E-state index in [0.717, 1.165) is 0 Å². The van der Waals surface area contributed by atoms with Crippen LogP contribution in [0, 0.1) is 5.95 Å². The maximum atomic E-state index is 12.3. The zero-order valence-electron chi connectivity index (χ0n) is 5.77. The average molecular weight is 178 g/mol. The van der Waals surface area contributed by atoms with Gasteiger partial charge in [0.15, 0.2) is 5.95 Å². The number of nitrogens with two attached hydrogens (primary N) is 1. The number of alkyl halides is 2. The van der Waals surface area contributed by atoms with E-state index in [0.29, 0.717) is 6.07 Å². The number of hydrogen-bond acceptors (Lipinski definition) is 2. The van der Waals surface area contributed by atoms with Crippen LogP contribution in [-0.2, 0) is 0 Å². The Morgan fingerprint density at radius 1 is 1.50 bits per heavy atom. The fraction of sp³-hybridized carbons (Fsp3) is 0.167. The highest BCUT2D eigenvalue weighted by Gasteiger charge is 2.14. The average Bonchev–Trinajstić information content (AvgIpc) is 1.96. The first-order chi connectivity index (χ1) is 5.52. The molecule has 0 aromatic carbocycles. The molecule has 0 saturated carbocycles. The van der Waals surface area contributed by atoms with E-state index in [-0.39, 0.29) is 0 Å². The van der Waals surface area contributed by atoms with Gasteiger partial charge in [0.25, 0.3) is 12.0 Å². The Bertz CT molecular complexity index is 347. The molecule has 0 amide bonds. The predicted molar refractivity (Wildman–Crippen MR) is 36.4 cm³/mol. The summed E-state index contributed by atoms with van der Waals surface area (Å²) in [6.07, 6.45) is -2.94. The van der Waals surface area contributed by atoms with Crippen LogP contribution in [0.2, 0.25) is 0 Å². The molecule has 0 radical (unpaired) electrons. The van der Waals surface area contributed by atoms with Crippen molar-refractivity contribution in [1.82, 2.24) is 4.98 Å². The minimum atomic E-state index is -2.94. The number of rotatable bonds is 1. The van der Waals surface area contributed by atoms with Crippen LogP contribution < -0.4 is 11.3 Å². The fourth-order valence-corrected chi connectivity index (χ4v) is 0.738. The topological polar surface area (TPSA) is 58.9 Å². The van der Waals surface area contributed by atoms with E-state index in [9.17, 15) is 18.0 Å². The van der Waals surface area contributed by atoms with Crippen LogP contribution in [-0.4, -0.2) is 4.98 Å². The summed E-state index contributed by atoms with van der Waals surface area (Å²) in [5.41, 5.74) is 2.50. The molecule has 0 aliphatic carbocycles. The molecule has 1 aromatic rings. The van der Waals surface area contributed by atoms with E-state index in [4.69, 9.17) is 5.73 Å². The number of aromatic amines is 1. The van der Waals surface area contributed by atoms with Crippen LogP contribution in [0.4, 0.5) is 18.9 Å². The molecule has 0 aliphatic heterocycles. The monoisotopic (exact) mass is 178 g/mol. The molecule has 0 unspecified atom stereocenters. The lowest BCUT2D eigenvalue weighted by Crippen LogP contribution is -2.16. The smallest absolute Gasteiger partial charge is 0.273 e. The van der Waals surface area contributed by atoms with Gasteiger partial charge in [0.2, 0.25) is 0 Å². The molecular weight excluding hydrogens is 173 g/mol. The van der Waals surface area contributed by atoms with Crippen molar-refractivity contribution in [2.75, 3.05) is 5.73 Å². The minimum absolute atomic E-state index is 0.501. The second kappa shape index (κ2) is 2.88. The van der Waals surface area contributed by atoms with Crippen LogP contribution in [0.25, 0.3) is 0 Å². The van der Waals surface area contributed by atoms with E-state index < -0.39 is 29.2 Å². The van der Waals surface area contributed by atoms with Gasteiger partial charge in [0.1, 0.15) is 5.69 Å². The van der Waals surface area contributed by atoms with E-state index in [1.54, 1.807) is 4.98 Å². The highest BCUT2D eigenvalue weighted by Crippen LogP contribution is 2.21. The molecule has 3 nitrogen and oxygen atoms in total. The number of halogens is 3. The quantitative estimate of drug-likeness (QED) is 0.631. The van der Waals surface area contributed by atoms with Gasteiger partial charge in [-0.05, 0) is 0 Å². The van der Waals surface area contributed by atoms with Crippen molar-refractivity contribution in [1.29, 1.82) is 0 Å². The van der Waals surface area contributed by atoms with Gasteiger partial charge >= 0.3 is 0 Å². The summed E-state index contributed by atoms with van der Waals surface area (Å²) in [6.45, 7) is 0. The SMILES string of the molecule is Nc1c(C(F)F)cc(F)[nH]c1=O. The summed E-state index contributed by atoms with van der Waals surface area (Å²) in [4.78, 5) is 12.3. The second-order valence-electron chi connectivity index (χ2n) is 2.12. The minimum Gasteiger partial charge on any atom is -0.394 e. The van der Waals surface area contributed by atoms with E-state index >= 15 is 0 Å². The van der Waals surface area contributed by atoms with Crippen molar-refractivity contribution >= 4 is 5.69 Å². The largest absolute Gasteiger partial charge is 0.394 e. The third kappa shape index (κ3) is 1.41. The van der Waals surface area contributed by atoms with Crippen molar-refractivity contribution in [2.24, 2.45) is 0 Å². The molecule has 6 heteroatoms. The van der Waals surface area contributed by atoms with Crippen molar-refractivity contribution in [3.05, 3.63) is 27.9 Å². The number of pyridine rings is 1. The zero-order chi connectivity index (χ0) is 9.30. The number of aromatic nitrogens is 1. The Labute approximate surface area is 65.0 Å². The molecule has 1 rings (SSSR count). The van der Waals surface area contributed by atoms with Crippen molar-refractivity contribution < 1.29 is 13.2 Å². The molecule has 0 atom stereocenters. The van der Waals surface area contributed by atoms with Crippen LogP contribution in [0.5, 0.6) is 0 Å². The highest BCUT2D eigenvalue weighted by atomic mass is 19.3. The molecule has 3 N–H and O–H groups in total. The van der Waals surface area contributed by atoms with Crippen molar-refractivity contribution in [3.8, 4) is 0 Å². The summed E-state index contributed by atoms with van der Waals surface area (Å²) in [5, 5.41) is 0. The Hall–Kier alpha value is -1.46. The third-order valence-corrected chi connectivity index (χ3v) is 1.31. The van der Waals surface area contributed by atoms with Crippen LogP contribution >= 0.6 is 0 Å². The van der Waals surface area contributed by atoms with E-state index in [2.05, 4.69) is 0 Å². The summed E-state index contributed by atoms with van der Waals surface area (Å²) in [6, 6.07) is 0.501. The van der Waals surface area contributed by atoms with Gasteiger partial charge < -0.3 is 5.73 Å². The Kier molecular flexibility index (Phi) is 2.07. The molecule has 0 bridgehead atoms. The Balaban J connectivity index is 3.38. The van der Waals surface area contributed by atoms with Crippen molar-refractivity contribution in [2.45, 2.75) is 6.43 Å². The first-order valence-corrected chi connectivity index (χ1v) is 2.98. The van der Waals surface area contributed by atoms with Gasteiger partial charge in [0, 0.05) is 6.07 Å².